The van der Waals surface area contributed by atoms with E-state index in [9.17, 15) is 5.11 Å². The molecule has 0 aliphatic carbocycles. The molecule has 0 radical (unpaired) electrons. The molecule has 0 amide bonds. The van der Waals surface area contributed by atoms with Crippen LogP contribution in [0.15, 0.2) is 0 Å². The predicted molar refractivity (Wildman–Crippen MR) is 80.0 cm³/mol. The highest BCUT2D eigenvalue weighted by Gasteiger charge is 2.27. The minimum atomic E-state index is -0.0836. The second-order valence-electron chi connectivity index (χ2n) is 5.85. The smallest absolute Gasteiger partial charge is 0.0613 e. The van der Waals surface area contributed by atoms with Crippen molar-refractivity contribution in [3.63, 3.8) is 0 Å². The van der Waals surface area contributed by atoms with Crippen molar-refractivity contribution in [2.24, 2.45) is 0 Å². The van der Waals surface area contributed by atoms with E-state index in [0.29, 0.717) is 6.04 Å². The second kappa shape index (κ2) is 9.76. The number of aliphatic hydroxyl groups is 1. The monoisotopic (exact) mass is 258 g/mol. The summed E-state index contributed by atoms with van der Waals surface area (Å²) in [5.41, 5.74) is -0.0836. The quantitative estimate of drug-likeness (QED) is 0.598. The lowest BCUT2D eigenvalue weighted by Gasteiger charge is -2.35. The third-order valence-electron chi connectivity index (χ3n) is 3.66. The predicted octanol–water partition coefficient (Wildman–Crippen LogP) is 2.64. The van der Waals surface area contributed by atoms with E-state index < -0.39 is 0 Å². The van der Waals surface area contributed by atoms with Gasteiger partial charge in [0.1, 0.15) is 0 Å². The molecule has 3 nitrogen and oxygen atoms in total. The number of aliphatic hydroxyl groups excluding tert-OH is 1. The average molecular weight is 258 g/mol. The van der Waals surface area contributed by atoms with Crippen molar-refractivity contribution in [2.75, 3.05) is 26.7 Å². The lowest BCUT2D eigenvalue weighted by Crippen LogP contribution is -2.51. The van der Waals surface area contributed by atoms with Crippen LogP contribution in [0.3, 0.4) is 0 Å². The summed E-state index contributed by atoms with van der Waals surface area (Å²) in [5.74, 6) is 0. The van der Waals surface area contributed by atoms with Crippen molar-refractivity contribution in [1.29, 1.82) is 0 Å². The Balaban J connectivity index is 4.03. The largest absolute Gasteiger partial charge is 0.394 e. The van der Waals surface area contributed by atoms with Gasteiger partial charge < -0.3 is 15.3 Å². The SMILES string of the molecule is CCCCN(C)CCCC(CC)(CO)NC(C)C. The Morgan fingerprint density at radius 2 is 1.78 bits per heavy atom. The van der Waals surface area contributed by atoms with Gasteiger partial charge in [-0.3, -0.25) is 0 Å². The summed E-state index contributed by atoms with van der Waals surface area (Å²) in [4.78, 5) is 2.40. The molecule has 3 heteroatoms. The van der Waals surface area contributed by atoms with E-state index in [2.05, 4.69) is 45.0 Å². The number of unbranched alkanes of at least 4 members (excludes halogenated alkanes) is 1. The molecule has 0 aromatic heterocycles. The van der Waals surface area contributed by atoms with Crippen LogP contribution < -0.4 is 5.32 Å². The zero-order valence-electron chi connectivity index (χ0n) is 13.1. The van der Waals surface area contributed by atoms with Crippen molar-refractivity contribution < 1.29 is 5.11 Å². The Labute approximate surface area is 114 Å². The fraction of sp³-hybridized carbons (Fsp3) is 1.00. The third kappa shape index (κ3) is 7.34. The minimum absolute atomic E-state index is 0.0836. The van der Waals surface area contributed by atoms with Gasteiger partial charge in [0.2, 0.25) is 0 Å². The molecule has 1 unspecified atom stereocenters. The highest BCUT2D eigenvalue weighted by atomic mass is 16.3. The molecule has 0 saturated carbocycles. The molecule has 1 atom stereocenters. The molecule has 2 N–H and O–H groups in total. The first-order valence-corrected chi connectivity index (χ1v) is 7.56. The number of hydrogen-bond acceptors (Lipinski definition) is 3. The Morgan fingerprint density at radius 1 is 1.17 bits per heavy atom. The minimum Gasteiger partial charge on any atom is -0.394 e. The van der Waals surface area contributed by atoms with Gasteiger partial charge in [0, 0.05) is 11.6 Å². The molecule has 0 bridgehead atoms. The molecule has 0 aromatic carbocycles. The van der Waals surface area contributed by atoms with Crippen molar-refractivity contribution in [2.45, 2.75) is 71.4 Å². The van der Waals surface area contributed by atoms with E-state index in [1.807, 2.05) is 0 Å². The van der Waals surface area contributed by atoms with Gasteiger partial charge >= 0.3 is 0 Å². The van der Waals surface area contributed by atoms with Crippen LogP contribution in [-0.2, 0) is 0 Å². The third-order valence-corrected chi connectivity index (χ3v) is 3.66. The van der Waals surface area contributed by atoms with E-state index in [-0.39, 0.29) is 12.1 Å². The summed E-state index contributed by atoms with van der Waals surface area (Å²) in [6.45, 7) is 11.2. The summed E-state index contributed by atoms with van der Waals surface area (Å²) in [6, 6.07) is 0.426. The Bertz CT molecular complexity index is 191. The number of hydrogen-bond donors (Lipinski definition) is 2. The van der Waals surface area contributed by atoms with Crippen molar-refractivity contribution in [3.05, 3.63) is 0 Å². The van der Waals surface area contributed by atoms with Crippen molar-refractivity contribution in [3.8, 4) is 0 Å². The van der Waals surface area contributed by atoms with Crippen LogP contribution in [0, 0.1) is 0 Å². The fourth-order valence-corrected chi connectivity index (χ4v) is 2.43. The summed E-state index contributed by atoms with van der Waals surface area (Å²) in [6.07, 6.45) is 5.72. The van der Waals surface area contributed by atoms with Gasteiger partial charge in [0.05, 0.1) is 6.61 Å². The van der Waals surface area contributed by atoms with Crippen LogP contribution in [0.2, 0.25) is 0 Å². The van der Waals surface area contributed by atoms with Gasteiger partial charge in [-0.25, -0.2) is 0 Å². The Kier molecular flexibility index (Phi) is 9.70. The van der Waals surface area contributed by atoms with Crippen LogP contribution in [0.4, 0.5) is 0 Å². The maximum absolute atomic E-state index is 9.66. The van der Waals surface area contributed by atoms with E-state index in [0.717, 1.165) is 25.8 Å². The molecule has 0 spiro atoms. The standard InChI is InChI=1S/C15H34N2O/c1-6-8-11-17(5)12-9-10-15(7-2,13-18)16-14(3)4/h14,16,18H,6-13H2,1-5H3. The molecule has 0 heterocycles. The molecule has 0 saturated heterocycles. The zero-order valence-corrected chi connectivity index (χ0v) is 13.1. The highest BCUT2D eigenvalue weighted by Crippen LogP contribution is 2.18. The molecule has 110 valence electrons. The van der Waals surface area contributed by atoms with Gasteiger partial charge in [-0.15, -0.1) is 0 Å². The summed E-state index contributed by atoms with van der Waals surface area (Å²) in [5, 5.41) is 13.2. The van der Waals surface area contributed by atoms with Crippen molar-refractivity contribution >= 4 is 0 Å². The topological polar surface area (TPSA) is 35.5 Å². The van der Waals surface area contributed by atoms with Crippen LogP contribution in [0.25, 0.3) is 0 Å². The summed E-state index contributed by atoms with van der Waals surface area (Å²) in [7, 11) is 2.19. The highest BCUT2D eigenvalue weighted by molar-refractivity contribution is 4.87. The molecular formula is C15H34N2O. The molecule has 0 rings (SSSR count). The van der Waals surface area contributed by atoms with Crippen LogP contribution in [-0.4, -0.2) is 48.3 Å². The van der Waals surface area contributed by atoms with Gasteiger partial charge in [0.15, 0.2) is 0 Å². The Hall–Kier alpha value is -0.120. The number of nitrogens with one attached hydrogen (secondary N) is 1. The fourth-order valence-electron chi connectivity index (χ4n) is 2.43. The molecule has 0 aromatic rings. The first kappa shape index (κ1) is 17.9. The zero-order chi connectivity index (χ0) is 14.0. The molecule has 0 fully saturated rings. The van der Waals surface area contributed by atoms with E-state index >= 15 is 0 Å². The lowest BCUT2D eigenvalue weighted by molar-refractivity contribution is 0.131. The first-order chi connectivity index (χ1) is 8.49. The van der Waals surface area contributed by atoms with Crippen LogP contribution >= 0.6 is 0 Å². The van der Waals surface area contributed by atoms with Crippen LogP contribution in [0.1, 0.15) is 59.8 Å². The molecule has 0 aliphatic heterocycles. The van der Waals surface area contributed by atoms with E-state index in [1.165, 1.54) is 19.4 Å². The summed E-state index contributed by atoms with van der Waals surface area (Å²) < 4.78 is 0. The average Bonchev–Trinajstić information content (AvgIpc) is 2.34. The van der Waals surface area contributed by atoms with Crippen molar-refractivity contribution in [1.82, 2.24) is 10.2 Å². The number of nitrogens with zero attached hydrogens (tertiary/aromatic N) is 1. The molecule has 18 heavy (non-hydrogen) atoms. The van der Waals surface area contributed by atoms with Gasteiger partial charge in [-0.1, -0.05) is 34.1 Å². The number of rotatable bonds is 11. The van der Waals surface area contributed by atoms with E-state index in [4.69, 9.17) is 0 Å². The Morgan fingerprint density at radius 3 is 2.22 bits per heavy atom. The van der Waals surface area contributed by atoms with E-state index in [1.54, 1.807) is 0 Å². The van der Waals surface area contributed by atoms with Gasteiger partial charge in [-0.2, -0.15) is 0 Å². The molecule has 0 aliphatic rings. The van der Waals surface area contributed by atoms with Crippen LogP contribution in [0.5, 0.6) is 0 Å². The first-order valence-electron chi connectivity index (χ1n) is 7.56. The normalized spacial score (nSPS) is 15.3. The lowest BCUT2D eigenvalue weighted by atomic mass is 9.90. The maximum Gasteiger partial charge on any atom is 0.0613 e. The molecular weight excluding hydrogens is 224 g/mol. The van der Waals surface area contributed by atoms with Gasteiger partial charge in [-0.05, 0) is 45.8 Å². The van der Waals surface area contributed by atoms with Gasteiger partial charge in [0.25, 0.3) is 0 Å². The summed E-state index contributed by atoms with van der Waals surface area (Å²) >= 11 is 0. The maximum atomic E-state index is 9.66. The second-order valence-corrected chi connectivity index (χ2v) is 5.85.